The van der Waals surface area contributed by atoms with Gasteiger partial charge in [0.25, 0.3) is 5.91 Å². The minimum Gasteiger partial charge on any atom is -0.504 e. The summed E-state index contributed by atoms with van der Waals surface area (Å²) in [6.07, 6.45) is 5.23. The van der Waals surface area contributed by atoms with Crippen LogP contribution in [0.15, 0.2) is 18.2 Å². The van der Waals surface area contributed by atoms with E-state index in [0.717, 1.165) is 45.3 Å². The molecule has 0 aromatic heterocycles. The van der Waals surface area contributed by atoms with Crippen LogP contribution >= 0.6 is 0 Å². The monoisotopic (exact) mass is 474 g/mol. The van der Waals surface area contributed by atoms with Gasteiger partial charge in [-0.1, -0.05) is 53.5 Å². The summed E-state index contributed by atoms with van der Waals surface area (Å²) < 4.78 is 5.25. The number of likely N-dealkylation sites (tertiary alicyclic amines) is 1. The molecular weight excluding hydrogens is 432 g/mol. The van der Waals surface area contributed by atoms with Crippen LogP contribution in [-0.2, 0) is 14.4 Å². The van der Waals surface area contributed by atoms with Crippen molar-refractivity contribution in [2.45, 2.75) is 72.8 Å². The number of Topliss-reactive ketones (excluding diaryl/α,β-unsaturated/α-hetero) is 2. The molecule has 1 heterocycles. The Balaban J connectivity index is 2.33. The number of aromatic hydroxyl groups is 1. The summed E-state index contributed by atoms with van der Waals surface area (Å²) in [5.74, 6) is -2.36. The fourth-order valence-corrected chi connectivity index (χ4v) is 4.51. The van der Waals surface area contributed by atoms with Crippen LogP contribution in [0, 0.1) is 11.3 Å². The van der Waals surface area contributed by atoms with Crippen LogP contribution in [0.2, 0.25) is 0 Å². The molecule has 1 saturated heterocycles. The first kappa shape index (κ1) is 27.8. The summed E-state index contributed by atoms with van der Waals surface area (Å²) >= 11 is 0. The Bertz CT molecular complexity index is 853. The molecule has 1 aliphatic heterocycles. The lowest BCUT2D eigenvalue weighted by molar-refractivity contribution is -0.143. The van der Waals surface area contributed by atoms with Crippen molar-refractivity contribution in [2.75, 3.05) is 33.3 Å². The Morgan fingerprint density at radius 3 is 2.18 bits per heavy atom. The van der Waals surface area contributed by atoms with Gasteiger partial charge in [-0.15, -0.1) is 0 Å². The number of amides is 1. The number of benzene rings is 1. The van der Waals surface area contributed by atoms with Crippen molar-refractivity contribution in [1.82, 2.24) is 9.80 Å². The highest BCUT2D eigenvalue weighted by Crippen LogP contribution is 2.42. The van der Waals surface area contributed by atoms with E-state index in [0.29, 0.717) is 18.5 Å². The van der Waals surface area contributed by atoms with Crippen molar-refractivity contribution in [3.05, 3.63) is 23.8 Å². The summed E-state index contributed by atoms with van der Waals surface area (Å²) in [4.78, 5) is 43.5. The molecule has 1 aromatic rings. The number of carbonyl (C=O) groups excluding carboxylic acids is 3. The fourth-order valence-electron chi connectivity index (χ4n) is 4.51. The standard InChI is InChI=1S/C27H42N2O5/c1-7-9-14-28(15-10-8-2)16-11-17-29-23(19-12-13-20(30)21(18-19)34-6)22(24(31)26(29)33)25(32)27(3,4)5/h12-13,18,22-23,30H,7-11,14-17H2,1-6H3. The van der Waals surface area contributed by atoms with Gasteiger partial charge in [0.05, 0.1) is 13.2 Å². The SMILES string of the molecule is CCCCN(CCCC)CCCN1C(=O)C(=O)C(C(=O)C(C)(C)C)C1c1ccc(O)c(OC)c1. The minimum atomic E-state index is -1.07. The molecule has 2 unspecified atom stereocenters. The second-order valence-corrected chi connectivity index (χ2v) is 10.2. The van der Waals surface area contributed by atoms with Gasteiger partial charge in [-0.05, 0) is 56.6 Å². The summed E-state index contributed by atoms with van der Waals surface area (Å²) in [6, 6.07) is 4.06. The van der Waals surface area contributed by atoms with Crippen LogP contribution in [0.4, 0.5) is 0 Å². The fraction of sp³-hybridized carbons (Fsp3) is 0.667. The maximum Gasteiger partial charge on any atom is 0.291 e. The highest BCUT2D eigenvalue weighted by Gasteiger charge is 2.53. The number of ether oxygens (including phenoxy) is 1. The van der Waals surface area contributed by atoms with Crippen molar-refractivity contribution in [1.29, 1.82) is 0 Å². The van der Waals surface area contributed by atoms with Gasteiger partial charge in [0.2, 0.25) is 5.78 Å². The molecular formula is C27H42N2O5. The molecule has 1 fully saturated rings. The first-order valence-corrected chi connectivity index (χ1v) is 12.5. The van der Waals surface area contributed by atoms with Crippen LogP contribution in [0.25, 0.3) is 0 Å². The molecule has 1 aliphatic rings. The van der Waals surface area contributed by atoms with Crippen LogP contribution < -0.4 is 4.74 Å². The number of hydrogen-bond donors (Lipinski definition) is 1. The van der Waals surface area contributed by atoms with Crippen molar-refractivity contribution in [3.8, 4) is 11.5 Å². The molecule has 0 aliphatic carbocycles. The molecule has 1 amide bonds. The normalized spacial score (nSPS) is 18.7. The molecule has 2 rings (SSSR count). The highest BCUT2D eigenvalue weighted by molar-refractivity contribution is 6.43. The van der Waals surface area contributed by atoms with Crippen LogP contribution in [0.3, 0.4) is 0 Å². The first-order valence-electron chi connectivity index (χ1n) is 12.5. The van der Waals surface area contributed by atoms with Crippen LogP contribution in [0.5, 0.6) is 11.5 Å². The quantitative estimate of drug-likeness (QED) is 0.337. The Morgan fingerprint density at radius 1 is 1.06 bits per heavy atom. The number of methoxy groups -OCH3 is 1. The summed E-state index contributed by atoms with van der Waals surface area (Å²) in [5, 5.41) is 10.1. The molecule has 7 heteroatoms. The third-order valence-electron chi connectivity index (χ3n) is 6.50. The summed E-state index contributed by atoms with van der Waals surface area (Å²) in [7, 11) is 1.44. The van der Waals surface area contributed by atoms with Gasteiger partial charge in [-0.25, -0.2) is 0 Å². The van der Waals surface area contributed by atoms with Crippen LogP contribution in [-0.4, -0.2) is 65.7 Å². The molecule has 0 saturated carbocycles. The van der Waals surface area contributed by atoms with E-state index in [1.807, 2.05) is 0 Å². The highest BCUT2D eigenvalue weighted by atomic mass is 16.5. The number of phenols is 1. The predicted octanol–water partition coefficient (Wildman–Crippen LogP) is 4.38. The van der Waals surface area contributed by atoms with Crippen molar-refractivity contribution in [3.63, 3.8) is 0 Å². The molecule has 7 nitrogen and oxygen atoms in total. The third-order valence-corrected chi connectivity index (χ3v) is 6.50. The number of nitrogens with zero attached hydrogens (tertiary/aromatic N) is 2. The van der Waals surface area contributed by atoms with Gasteiger partial charge in [-0.3, -0.25) is 14.4 Å². The lowest BCUT2D eigenvalue weighted by Crippen LogP contribution is -2.36. The largest absolute Gasteiger partial charge is 0.504 e. The Kier molecular flexibility index (Phi) is 10.1. The second-order valence-electron chi connectivity index (χ2n) is 10.2. The van der Waals surface area contributed by atoms with Crippen molar-refractivity contribution >= 4 is 17.5 Å². The number of phenolic OH excluding ortho intramolecular Hbond substituents is 1. The van der Waals surface area contributed by atoms with Gasteiger partial charge in [0.1, 0.15) is 5.92 Å². The van der Waals surface area contributed by atoms with E-state index in [1.54, 1.807) is 37.8 Å². The maximum absolute atomic E-state index is 13.3. The van der Waals surface area contributed by atoms with E-state index in [2.05, 4.69) is 18.7 Å². The zero-order valence-corrected chi connectivity index (χ0v) is 21.7. The molecule has 0 radical (unpaired) electrons. The van der Waals surface area contributed by atoms with Crippen molar-refractivity contribution in [2.24, 2.45) is 11.3 Å². The average Bonchev–Trinajstić information content (AvgIpc) is 3.04. The van der Waals surface area contributed by atoms with Gasteiger partial charge in [0.15, 0.2) is 17.3 Å². The Labute approximate surface area is 204 Å². The smallest absolute Gasteiger partial charge is 0.291 e. The zero-order valence-electron chi connectivity index (χ0n) is 21.7. The summed E-state index contributed by atoms with van der Waals surface area (Å²) in [5.41, 5.74) is -0.155. The Hall–Kier alpha value is -2.41. The Morgan fingerprint density at radius 2 is 1.65 bits per heavy atom. The lowest BCUT2D eigenvalue weighted by atomic mass is 9.77. The van der Waals surface area contributed by atoms with E-state index in [1.165, 1.54) is 13.2 Å². The lowest BCUT2D eigenvalue weighted by Gasteiger charge is -2.31. The van der Waals surface area contributed by atoms with E-state index in [4.69, 9.17) is 4.74 Å². The zero-order chi connectivity index (χ0) is 25.5. The third kappa shape index (κ3) is 6.59. The number of ketones is 2. The number of carbonyl (C=O) groups is 3. The van der Waals surface area contributed by atoms with Gasteiger partial charge in [0, 0.05) is 12.0 Å². The molecule has 1 aromatic carbocycles. The topological polar surface area (TPSA) is 87.2 Å². The molecule has 1 N–H and O–H groups in total. The molecule has 0 spiro atoms. The minimum absolute atomic E-state index is 0.0327. The summed E-state index contributed by atoms with van der Waals surface area (Å²) in [6.45, 7) is 12.9. The van der Waals surface area contributed by atoms with Crippen molar-refractivity contribution < 1.29 is 24.2 Å². The van der Waals surface area contributed by atoms with E-state index in [-0.39, 0.29) is 17.3 Å². The molecule has 34 heavy (non-hydrogen) atoms. The van der Waals surface area contributed by atoms with Gasteiger partial charge >= 0.3 is 0 Å². The van der Waals surface area contributed by atoms with E-state index >= 15 is 0 Å². The van der Waals surface area contributed by atoms with Crippen LogP contribution in [0.1, 0.15) is 78.3 Å². The number of unbranched alkanes of at least 4 members (excludes halogenated alkanes) is 2. The van der Waals surface area contributed by atoms with Gasteiger partial charge < -0.3 is 19.6 Å². The average molecular weight is 475 g/mol. The molecule has 0 bridgehead atoms. The first-order chi connectivity index (χ1) is 16.1. The number of rotatable bonds is 13. The maximum atomic E-state index is 13.3. The molecule has 2 atom stereocenters. The second kappa shape index (κ2) is 12.3. The van der Waals surface area contributed by atoms with Gasteiger partial charge in [-0.2, -0.15) is 0 Å². The van der Waals surface area contributed by atoms with E-state index in [9.17, 15) is 19.5 Å². The molecule has 190 valence electrons. The van der Waals surface area contributed by atoms with E-state index < -0.39 is 29.1 Å². The number of hydrogen-bond acceptors (Lipinski definition) is 6. The predicted molar refractivity (Wildman–Crippen MR) is 133 cm³/mol.